The highest BCUT2D eigenvalue weighted by Crippen LogP contribution is 2.30. The molecule has 184 valence electrons. The molecule has 0 radical (unpaired) electrons. The van der Waals surface area contributed by atoms with Gasteiger partial charge < -0.3 is 5.32 Å². The van der Waals surface area contributed by atoms with Crippen molar-refractivity contribution in [3.05, 3.63) is 87.3 Å². The summed E-state index contributed by atoms with van der Waals surface area (Å²) in [6.45, 7) is 0.394. The summed E-state index contributed by atoms with van der Waals surface area (Å²) in [7, 11) is -3.77. The molecule has 3 aromatic rings. The lowest BCUT2D eigenvalue weighted by molar-refractivity contribution is 0.0870. The van der Waals surface area contributed by atoms with Gasteiger partial charge in [-0.15, -0.1) is 11.3 Å². The molecule has 1 saturated heterocycles. The van der Waals surface area contributed by atoms with Crippen LogP contribution in [0.4, 0.5) is 8.78 Å². The van der Waals surface area contributed by atoms with Gasteiger partial charge in [-0.05, 0) is 61.4 Å². The largest absolute Gasteiger partial charge is 0.347 e. The van der Waals surface area contributed by atoms with Gasteiger partial charge in [-0.3, -0.25) is 9.59 Å². The molecule has 0 aliphatic carbocycles. The first-order chi connectivity index (χ1) is 16.6. The Morgan fingerprint density at radius 1 is 1.03 bits per heavy atom. The van der Waals surface area contributed by atoms with Crippen molar-refractivity contribution < 1.29 is 26.8 Å². The Kier molecular flexibility index (Phi) is 7.65. The number of thiophene rings is 1. The highest BCUT2D eigenvalue weighted by atomic mass is 35.5. The van der Waals surface area contributed by atoms with Crippen LogP contribution in [0.15, 0.2) is 58.8 Å². The highest BCUT2D eigenvalue weighted by Gasteiger charge is 2.34. The van der Waals surface area contributed by atoms with Gasteiger partial charge in [0.2, 0.25) is 0 Å². The molecule has 1 aromatic heterocycles. The Morgan fingerprint density at radius 3 is 2.37 bits per heavy atom. The van der Waals surface area contributed by atoms with E-state index in [1.54, 1.807) is 30.3 Å². The molecule has 11 heteroatoms. The predicted molar refractivity (Wildman–Crippen MR) is 129 cm³/mol. The number of nitrogens with one attached hydrogen (secondary N) is 1. The number of carbonyl (C=O) groups excluding carboxylic acids is 2. The average molecular weight is 539 g/mol. The predicted octanol–water partition coefficient (Wildman–Crippen LogP) is 4.89. The molecule has 1 fully saturated rings. The van der Waals surface area contributed by atoms with Gasteiger partial charge in [0, 0.05) is 40.5 Å². The first-order valence-electron chi connectivity index (χ1n) is 10.8. The van der Waals surface area contributed by atoms with E-state index >= 15 is 0 Å². The number of ketones is 1. The van der Waals surface area contributed by atoms with E-state index in [9.17, 15) is 26.8 Å². The van der Waals surface area contributed by atoms with Crippen LogP contribution in [-0.2, 0) is 16.6 Å². The summed E-state index contributed by atoms with van der Waals surface area (Å²) in [5, 5.41) is 3.27. The number of sulfonamides is 1. The van der Waals surface area contributed by atoms with E-state index in [0.717, 1.165) is 23.5 Å². The summed E-state index contributed by atoms with van der Waals surface area (Å²) in [6, 6.07) is 12.4. The maximum absolute atomic E-state index is 14.0. The molecule has 0 spiro atoms. The van der Waals surface area contributed by atoms with Crippen molar-refractivity contribution in [3.63, 3.8) is 0 Å². The maximum Gasteiger partial charge on any atom is 0.252 e. The zero-order valence-electron chi connectivity index (χ0n) is 18.3. The number of rotatable bonds is 7. The Morgan fingerprint density at radius 2 is 1.71 bits per heavy atom. The fraction of sp³-hybridized carbons (Fsp3) is 0.250. The minimum Gasteiger partial charge on any atom is -0.347 e. The second-order valence-electron chi connectivity index (χ2n) is 8.08. The van der Waals surface area contributed by atoms with Crippen molar-refractivity contribution in [2.24, 2.45) is 5.92 Å². The number of amides is 1. The number of piperidine rings is 1. The minimum absolute atomic E-state index is 0.113. The summed E-state index contributed by atoms with van der Waals surface area (Å²) in [5.41, 5.74) is 0.257. The lowest BCUT2D eigenvalue weighted by Gasteiger charge is -2.30. The standard InChI is InChI=1S/C24H21ClF2N2O4S2/c25-17-3-1-16(2-4-17)24(31)28-14-19-6-8-22(34-19)35(32,33)29-11-9-15(10-12-29)23(30)20-7-5-18(26)13-21(20)27/h1-8,13,15H,9-12,14H2,(H,28,31). The van der Waals surface area contributed by atoms with Crippen LogP contribution < -0.4 is 5.32 Å². The first-order valence-corrected chi connectivity index (χ1v) is 13.4. The normalized spacial score (nSPS) is 15.2. The van der Waals surface area contributed by atoms with Gasteiger partial charge in [0.15, 0.2) is 5.78 Å². The van der Waals surface area contributed by atoms with Crippen LogP contribution >= 0.6 is 22.9 Å². The number of Topliss-reactive ketones (excluding diaryl/α,β-unsaturated/α-hetero) is 1. The molecule has 1 amide bonds. The number of carbonyl (C=O) groups is 2. The van der Waals surface area contributed by atoms with Crippen LogP contribution in [0.25, 0.3) is 0 Å². The summed E-state index contributed by atoms with van der Waals surface area (Å²) in [6.07, 6.45) is 0.481. The maximum atomic E-state index is 14.0. The molecule has 0 atom stereocenters. The number of benzene rings is 2. The summed E-state index contributed by atoms with van der Waals surface area (Å²) >= 11 is 6.89. The molecule has 4 rings (SSSR count). The van der Waals surface area contributed by atoms with E-state index in [1.165, 1.54) is 10.4 Å². The van der Waals surface area contributed by atoms with Crippen molar-refractivity contribution in [1.82, 2.24) is 9.62 Å². The summed E-state index contributed by atoms with van der Waals surface area (Å²) in [5.74, 6) is -2.97. The molecule has 0 unspecified atom stereocenters. The van der Waals surface area contributed by atoms with Gasteiger partial charge >= 0.3 is 0 Å². The smallest absolute Gasteiger partial charge is 0.252 e. The van der Waals surface area contributed by atoms with Gasteiger partial charge in [0.05, 0.1) is 12.1 Å². The molecule has 0 saturated carbocycles. The van der Waals surface area contributed by atoms with Crippen LogP contribution in [0.5, 0.6) is 0 Å². The molecular weight excluding hydrogens is 518 g/mol. The van der Waals surface area contributed by atoms with Crippen LogP contribution in [0.1, 0.15) is 38.4 Å². The van der Waals surface area contributed by atoms with Gasteiger partial charge in [-0.1, -0.05) is 11.6 Å². The third-order valence-corrected chi connectivity index (χ3v) is 9.49. The summed E-state index contributed by atoms with van der Waals surface area (Å²) < 4.78 is 54.7. The molecule has 1 N–H and O–H groups in total. The molecular formula is C24H21ClF2N2O4S2. The van der Waals surface area contributed by atoms with Crippen LogP contribution in [0, 0.1) is 17.6 Å². The fourth-order valence-corrected chi connectivity index (χ4v) is 6.90. The third kappa shape index (κ3) is 5.78. The van der Waals surface area contributed by atoms with Crippen molar-refractivity contribution in [1.29, 1.82) is 0 Å². The Bertz CT molecular complexity index is 1350. The van der Waals surface area contributed by atoms with E-state index in [4.69, 9.17) is 11.6 Å². The lowest BCUT2D eigenvalue weighted by atomic mass is 9.89. The first kappa shape index (κ1) is 25.4. The quantitative estimate of drug-likeness (QED) is 0.434. The lowest BCUT2D eigenvalue weighted by Crippen LogP contribution is -2.40. The molecule has 6 nitrogen and oxygen atoms in total. The Balaban J connectivity index is 1.35. The van der Waals surface area contributed by atoms with Gasteiger partial charge in [0.25, 0.3) is 15.9 Å². The topological polar surface area (TPSA) is 83.6 Å². The second kappa shape index (κ2) is 10.5. The average Bonchev–Trinajstić information content (AvgIpc) is 3.33. The fourth-order valence-electron chi connectivity index (χ4n) is 3.86. The molecule has 35 heavy (non-hydrogen) atoms. The van der Waals surface area contributed by atoms with E-state index in [0.29, 0.717) is 21.5 Å². The minimum atomic E-state index is -3.77. The van der Waals surface area contributed by atoms with E-state index in [2.05, 4.69) is 5.32 Å². The van der Waals surface area contributed by atoms with Crippen molar-refractivity contribution >= 4 is 44.7 Å². The Labute approximate surface area is 210 Å². The number of nitrogens with zero attached hydrogens (tertiary/aromatic N) is 1. The molecule has 2 aromatic carbocycles. The van der Waals surface area contributed by atoms with E-state index in [1.807, 2.05) is 0 Å². The molecule has 0 bridgehead atoms. The van der Waals surface area contributed by atoms with Gasteiger partial charge in [-0.2, -0.15) is 4.31 Å². The van der Waals surface area contributed by atoms with Gasteiger partial charge in [-0.25, -0.2) is 17.2 Å². The van der Waals surface area contributed by atoms with Gasteiger partial charge in [0.1, 0.15) is 15.8 Å². The van der Waals surface area contributed by atoms with Crippen molar-refractivity contribution in [2.75, 3.05) is 13.1 Å². The van der Waals surface area contributed by atoms with Crippen molar-refractivity contribution in [3.8, 4) is 0 Å². The number of hydrogen-bond acceptors (Lipinski definition) is 5. The molecule has 1 aliphatic heterocycles. The number of halogens is 3. The van der Waals surface area contributed by atoms with Crippen LogP contribution in [0.3, 0.4) is 0 Å². The van der Waals surface area contributed by atoms with E-state index < -0.39 is 33.4 Å². The van der Waals surface area contributed by atoms with Crippen molar-refractivity contribution in [2.45, 2.75) is 23.6 Å². The molecule has 2 heterocycles. The zero-order chi connectivity index (χ0) is 25.2. The van der Waals surface area contributed by atoms with E-state index in [-0.39, 0.29) is 48.2 Å². The SMILES string of the molecule is O=C(NCc1ccc(S(=O)(=O)N2CCC(C(=O)c3ccc(F)cc3F)CC2)s1)c1ccc(Cl)cc1. The Hall–Kier alpha value is -2.66. The second-order valence-corrected chi connectivity index (χ2v) is 11.8. The monoisotopic (exact) mass is 538 g/mol. The zero-order valence-corrected chi connectivity index (χ0v) is 20.7. The molecule has 1 aliphatic rings. The van der Waals surface area contributed by atoms with Crippen LogP contribution in [-0.4, -0.2) is 37.5 Å². The third-order valence-electron chi connectivity index (χ3n) is 5.78. The van der Waals surface area contributed by atoms with Crippen LogP contribution in [0.2, 0.25) is 5.02 Å². The summed E-state index contributed by atoms with van der Waals surface area (Å²) in [4.78, 5) is 25.6. The number of hydrogen-bond donors (Lipinski definition) is 1. The highest BCUT2D eigenvalue weighted by molar-refractivity contribution is 7.91.